The Morgan fingerprint density at radius 2 is 1.62 bits per heavy atom. The maximum atomic E-state index is 12.3. The van der Waals surface area contributed by atoms with Crippen molar-refractivity contribution >= 4 is 29.4 Å². The van der Waals surface area contributed by atoms with Crippen molar-refractivity contribution in [2.75, 3.05) is 5.32 Å². The normalized spacial score (nSPS) is 12.3. The smallest absolute Gasteiger partial charge is 0.309 e. The third-order valence-electron chi connectivity index (χ3n) is 4.06. The Balaban J connectivity index is 1.94. The zero-order valence-corrected chi connectivity index (χ0v) is 16.2. The molecule has 0 aliphatic heterocycles. The molecule has 0 aliphatic carbocycles. The highest BCUT2D eigenvalue weighted by atomic mass is 16.5. The molecular formula is C21H23N3O5. The van der Waals surface area contributed by atoms with E-state index in [-0.39, 0.29) is 12.3 Å². The van der Waals surface area contributed by atoms with Crippen LogP contribution in [0.3, 0.4) is 0 Å². The molecule has 2 rings (SSSR count). The van der Waals surface area contributed by atoms with Crippen molar-refractivity contribution < 1.29 is 23.9 Å². The highest BCUT2D eigenvalue weighted by molar-refractivity contribution is 5.96. The molecule has 0 radical (unpaired) electrons. The molecule has 0 unspecified atom stereocenters. The van der Waals surface area contributed by atoms with Crippen LogP contribution in [0.25, 0.3) is 0 Å². The summed E-state index contributed by atoms with van der Waals surface area (Å²) < 4.78 is 5.20. The molecule has 0 heterocycles. The Hall–Kier alpha value is -3.68. The summed E-state index contributed by atoms with van der Waals surface area (Å²) in [6, 6.07) is 14.5. The Kier molecular flexibility index (Phi) is 7.47. The zero-order valence-electron chi connectivity index (χ0n) is 16.2. The molecule has 0 fully saturated rings. The quantitative estimate of drug-likeness (QED) is 0.587. The van der Waals surface area contributed by atoms with Crippen LogP contribution in [-0.2, 0) is 19.1 Å². The van der Waals surface area contributed by atoms with E-state index in [0.29, 0.717) is 11.3 Å². The monoisotopic (exact) mass is 397 g/mol. The molecule has 0 aromatic heterocycles. The molecule has 0 spiro atoms. The van der Waals surface area contributed by atoms with Crippen LogP contribution in [-0.4, -0.2) is 29.8 Å². The Morgan fingerprint density at radius 3 is 2.17 bits per heavy atom. The van der Waals surface area contributed by atoms with Gasteiger partial charge in [0, 0.05) is 18.2 Å². The van der Waals surface area contributed by atoms with Gasteiger partial charge in [0.15, 0.2) is 6.10 Å². The van der Waals surface area contributed by atoms with E-state index >= 15 is 0 Å². The number of primary amides is 1. The lowest BCUT2D eigenvalue weighted by Gasteiger charge is -2.19. The van der Waals surface area contributed by atoms with E-state index in [1.807, 2.05) is 6.07 Å². The lowest BCUT2D eigenvalue weighted by molar-refractivity contribution is -0.153. The number of amides is 3. The topological polar surface area (TPSA) is 128 Å². The average molecular weight is 397 g/mol. The average Bonchev–Trinajstić information content (AvgIpc) is 2.68. The van der Waals surface area contributed by atoms with E-state index in [1.165, 1.54) is 38.1 Å². The molecule has 2 atom stereocenters. The van der Waals surface area contributed by atoms with E-state index in [4.69, 9.17) is 10.5 Å². The molecule has 0 aliphatic rings. The van der Waals surface area contributed by atoms with Crippen molar-refractivity contribution in [3.05, 3.63) is 65.7 Å². The lowest BCUT2D eigenvalue weighted by Crippen LogP contribution is -2.33. The van der Waals surface area contributed by atoms with Crippen LogP contribution in [0.4, 0.5) is 5.69 Å². The number of nitrogens with two attached hydrogens (primary N) is 1. The van der Waals surface area contributed by atoms with Crippen LogP contribution >= 0.6 is 0 Å². The summed E-state index contributed by atoms with van der Waals surface area (Å²) in [5.41, 5.74) is 6.67. The van der Waals surface area contributed by atoms with Gasteiger partial charge < -0.3 is 21.1 Å². The minimum Gasteiger partial charge on any atom is -0.452 e. The second-order valence-electron chi connectivity index (χ2n) is 6.43. The van der Waals surface area contributed by atoms with Gasteiger partial charge in [-0.3, -0.25) is 19.2 Å². The molecule has 4 N–H and O–H groups in total. The molecule has 2 aromatic carbocycles. The first-order valence-electron chi connectivity index (χ1n) is 8.98. The van der Waals surface area contributed by atoms with Crippen LogP contribution < -0.4 is 16.4 Å². The molecule has 8 heteroatoms. The van der Waals surface area contributed by atoms with E-state index in [9.17, 15) is 19.2 Å². The summed E-state index contributed by atoms with van der Waals surface area (Å²) in [5.74, 6) is -2.01. The summed E-state index contributed by atoms with van der Waals surface area (Å²) >= 11 is 0. The largest absolute Gasteiger partial charge is 0.452 e. The molecule has 2 aromatic rings. The molecule has 3 amide bonds. The van der Waals surface area contributed by atoms with Crippen LogP contribution in [0, 0.1) is 0 Å². The van der Waals surface area contributed by atoms with Gasteiger partial charge in [-0.15, -0.1) is 0 Å². The second kappa shape index (κ2) is 10.0. The fraction of sp³-hybridized carbons (Fsp3) is 0.238. The van der Waals surface area contributed by atoms with Crippen molar-refractivity contribution in [3.63, 3.8) is 0 Å². The number of hydrogen-bond acceptors (Lipinski definition) is 5. The maximum Gasteiger partial charge on any atom is 0.309 e. The summed E-state index contributed by atoms with van der Waals surface area (Å²) in [4.78, 5) is 47.1. The summed E-state index contributed by atoms with van der Waals surface area (Å²) in [6.07, 6.45) is -1.17. The number of esters is 1. The summed E-state index contributed by atoms with van der Waals surface area (Å²) in [5, 5.41) is 5.30. The zero-order chi connectivity index (χ0) is 21.4. The van der Waals surface area contributed by atoms with Gasteiger partial charge in [0.2, 0.25) is 11.8 Å². The minimum absolute atomic E-state index is 0.117. The standard InChI is InChI=1S/C21H23N3O5/c1-13(21(28)24-17-10-8-16(9-11-17)20(22)27)29-19(26)12-18(23-14(2)25)15-6-4-3-5-7-15/h3-11,13,18H,12H2,1-2H3,(H2,22,27)(H,23,25)(H,24,28)/t13-,18+/m1/s1. The molecule has 29 heavy (non-hydrogen) atoms. The molecule has 0 saturated carbocycles. The maximum absolute atomic E-state index is 12.3. The fourth-order valence-corrected chi connectivity index (χ4v) is 2.61. The van der Waals surface area contributed by atoms with Gasteiger partial charge in [-0.2, -0.15) is 0 Å². The molecule has 0 bridgehead atoms. The van der Waals surface area contributed by atoms with Gasteiger partial charge >= 0.3 is 5.97 Å². The number of nitrogens with one attached hydrogen (secondary N) is 2. The predicted molar refractivity (Wildman–Crippen MR) is 107 cm³/mol. The lowest BCUT2D eigenvalue weighted by atomic mass is 10.0. The van der Waals surface area contributed by atoms with E-state index in [2.05, 4.69) is 10.6 Å². The highest BCUT2D eigenvalue weighted by Gasteiger charge is 2.22. The third-order valence-corrected chi connectivity index (χ3v) is 4.06. The van der Waals surface area contributed by atoms with Crippen molar-refractivity contribution in [2.24, 2.45) is 5.73 Å². The van der Waals surface area contributed by atoms with Gasteiger partial charge in [0.25, 0.3) is 5.91 Å². The second-order valence-corrected chi connectivity index (χ2v) is 6.43. The minimum atomic E-state index is -1.05. The highest BCUT2D eigenvalue weighted by Crippen LogP contribution is 2.18. The number of benzene rings is 2. The van der Waals surface area contributed by atoms with Crippen LogP contribution in [0.5, 0.6) is 0 Å². The van der Waals surface area contributed by atoms with E-state index < -0.39 is 29.9 Å². The van der Waals surface area contributed by atoms with E-state index in [0.717, 1.165) is 5.56 Å². The van der Waals surface area contributed by atoms with Gasteiger partial charge in [-0.25, -0.2) is 0 Å². The summed E-state index contributed by atoms with van der Waals surface area (Å²) in [7, 11) is 0. The Bertz CT molecular complexity index is 881. The molecule has 8 nitrogen and oxygen atoms in total. The van der Waals surface area contributed by atoms with Crippen molar-refractivity contribution in [3.8, 4) is 0 Å². The molecular weight excluding hydrogens is 374 g/mol. The van der Waals surface area contributed by atoms with Gasteiger partial charge in [0.1, 0.15) is 0 Å². The fourth-order valence-electron chi connectivity index (χ4n) is 2.61. The molecule has 152 valence electrons. The Labute approximate surface area is 168 Å². The first kappa shape index (κ1) is 21.6. The number of anilines is 1. The predicted octanol–water partition coefficient (Wildman–Crippen LogP) is 1.92. The number of hydrogen-bond donors (Lipinski definition) is 3. The Morgan fingerprint density at radius 1 is 1.00 bits per heavy atom. The number of carbonyl (C=O) groups is 4. The van der Waals surface area contributed by atoms with Crippen LogP contribution in [0.15, 0.2) is 54.6 Å². The number of ether oxygens (including phenoxy) is 1. The van der Waals surface area contributed by atoms with Crippen molar-refractivity contribution in [2.45, 2.75) is 32.4 Å². The van der Waals surface area contributed by atoms with Crippen molar-refractivity contribution in [1.29, 1.82) is 0 Å². The number of carbonyl (C=O) groups excluding carboxylic acids is 4. The first-order valence-corrected chi connectivity index (χ1v) is 8.98. The van der Waals surface area contributed by atoms with Gasteiger partial charge in [-0.05, 0) is 36.8 Å². The summed E-state index contributed by atoms with van der Waals surface area (Å²) in [6.45, 7) is 2.81. The van der Waals surface area contributed by atoms with Gasteiger partial charge in [0.05, 0.1) is 12.5 Å². The third kappa shape index (κ3) is 6.76. The van der Waals surface area contributed by atoms with Crippen molar-refractivity contribution in [1.82, 2.24) is 5.32 Å². The van der Waals surface area contributed by atoms with E-state index in [1.54, 1.807) is 24.3 Å². The van der Waals surface area contributed by atoms with Crippen LogP contribution in [0.2, 0.25) is 0 Å². The van der Waals surface area contributed by atoms with Crippen LogP contribution in [0.1, 0.15) is 42.2 Å². The van der Waals surface area contributed by atoms with Gasteiger partial charge in [-0.1, -0.05) is 30.3 Å². The SMILES string of the molecule is CC(=O)N[C@@H](CC(=O)O[C@H](C)C(=O)Nc1ccc(C(N)=O)cc1)c1ccccc1. The number of rotatable bonds is 8. The molecule has 0 saturated heterocycles. The first-order chi connectivity index (χ1) is 13.8.